The van der Waals surface area contributed by atoms with Gasteiger partial charge in [0.2, 0.25) is 0 Å². The molecule has 0 aliphatic carbocycles. The molecule has 0 spiro atoms. The summed E-state index contributed by atoms with van der Waals surface area (Å²) < 4.78 is 35.9. The standard InChI is InChI=1S/C15H16N6O3S/c1-4-13(16)21-9-11(8-18-21)25(22,23)19-14-12(24-3)6-5-10-7-17-20(2)15(10)14/h4-9,16,19H,1H2,2-3H3. The molecule has 9 nitrogen and oxygen atoms in total. The first-order valence-corrected chi connectivity index (χ1v) is 8.63. The summed E-state index contributed by atoms with van der Waals surface area (Å²) in [7, 11) is -0.770. The van der Waals surface area contributed by atoms with E-state index in [-0.39, 0.29) is 16.4 Å². The van der Waals surface area contributed by atoms with Gasteiger partial charge in [0.15, 0.2) is 0 Å². The van der Waals surface area contributed by atoms with Gasteiger partial charge in [-0.25, -0.2) is 13.1 Å². The number of anilines is 1. The summed E-state index contributed by atoms with van der Waals surface area (Å²) in [6.45, 7) is 3.46. The second-order valence-electron chi connectivity index (χ2n) is 5.16. The van der Waals surface area contributed by atoms with Crippen molar-refractivity contribution in [3.63, 3.8) is 0 Å². The first kappa shape index (κ1) is 16.7. The summed E-state index contributed by atoms with van der Waals surface area (Å²) in [6, 6.07) is 3.46. The predicted octanol–water partition coefficient (Wildman–Crippen LogP) is 1.59. The van der Waals surface area contributed by atoms with Crippen LogP contribution in [-0.2, 0) is 17.1 Å². The normalized spacial score (nSPS) is 11.4. The number of sulfonamides is 1. The number of nitrogens with one attached hydrogen (secondary N) is 2. The Balaban J connectivity index is 2.08. The van der Waals surface area contributed by atoms with Gasteiger partial charge in [0.1, 0.15) is 22.2 Å². The second kappa shape index (κ2) is 6.06. The number of hydrogen-bond acceptors (Lipinski definition) is 6. The van der Waals surface area contributed by atoms with Crippen LogP contribution in [0, 0.1) is 5.41 Å². The fourth-order valence-electron chi connectivity index (χ4n) is 2.38. The third-order valence-corrected chi connectivity index (χ3v) is 4.93. The van der Waals surface area contributed by atoms with Crippen molar-refractivity contribution in [1.82, 2.24) is 19.6 Å². The molecule has 2 aromatic heterocycles. The summed E-state index contributed by atoms with van der Waals surface area (Å²) in [6.07, 6.45) is 5.30. The Morgan fingerprint density at radius 3 is 2.80 bits per heavy atom. The molecule has 0 atom stereocenters. The second-order valence-corrected chi connectivity index (χ2v) is 6.85. The van der Waals surface area contributed by atoms with Crippen molar-refractivity contribution in [3.8, 4) is 5.75 Å². The van der Waals surface area contributed by atoms with E-state index in [0.29, 0.717) is 11.3 Å². The van der Waals surface area contributed by atoms with Crippen LogP contribution in [0.3, 0.4) is 0 Å². The topological polar surface area (TPSA) is 115 Å². The highest BCUT2D eigenvalue weighted by atomic mass is 32.2. The Kier molecular flexibility index (Phi) is 4.05. The van der Waals surface area contributed by atoms with E-state index >= 15 is 0 Å². The smallest absolute Gasteiger partial charge is 0.265 e. The van der Waals surface area contributed by atoms with Crippen LogP contribution in [0.2, 0.25) is 0 Å². The quantitative estimate of drug-likeness (QED) is 0.530. The van der Waals surface area contributed by atoms with Gasteiger partial charge in [0, 0.05) is 12.4 Å². The Morgan fingerprint density at radius 1 is 1.36 bits per heavy atom. The van der Waals surface area contributed by atoms with Gasteiger partial charge in [-0.05, 0) is 18.2 Å². The van der Waals surface area contributed by atoms with Crippen LogP contribution in [0.4, 0.5) is 5.69 Å². The highest BCUT2D eigenvalue weighted by molar-refractivity contribution is 7.92. The first-order chi connectivity index (χ1) is 11.9. The number of methoxy groups -OCH3 is 1. The summed E-state index contributed by atoms with van der Waals surface area (Å²) in [4.78, 5) is -0.0830. The predicted molar refractivity (Wildman–Crippen MR) is 93.6 cm³/mol. The molecular weight excluding hydrogens is 344 g/mol. The van der Waals surface area contributed by atoms with Gasteiger partial charge in [-0.1, -0.05) is 6.58 Å². The zero-order chi connectivity index (χ0) is 18.2. The number of allylic oxidation sites excluding steroid dienone is 1. The molecule has 0 radical (unpaired) electrons. The van der Waals surface area contributed by atoms with Crippen molar-refractivity contribution in [2.45, 2.75) is 4.90 Å². The lowest BCUT2D eigenvalue weighted by Gasteiger charge is -2.13. The van der Waals surface area contributed by atoms with E-state index in [0.717, 1.165) is 16.3 Å². The van der Waals surface area contributed by atoms with E-state index in [1.807, 2.05) is 0 Å². The SMILES string of the molecule is C=CC(=N)n1cc(S(=O)(=O)Nc2c(OC)ccc3cnn(C)c23)cn1. The Morgan fingerprint density at radius 2 is 2.12 bits per heavy atom. The van der Waals surface area contributed by atoms with Crippen LogP contribution in [0.25, 0.3) is 10.9 Å². The van der Waals surface area contributed by atoms with E-state index in [1.54, 1.807) is 30.1 Å². The minimum Gasteiger partial charge on any atom is -0.494 e. The summed E-state index contributed by atoms with van der Waals surface area (Å²) in [5.74, 6) is 0.332. The molecule has 0 amide bonds. The maximum absolute atomic E-state index is 12.7. The third kappa shape index (κ3) is 2.87. The van der Waals surface area contributed by atoms with Crippen LogP contribution >= 0.6 is 0 Å². The third-order valence-electron chi connectivity index (χ3n) is 3.63. The lowest BCUT2D eigenvalue weighted by atomic mass is 10.2. The molecule has 0 saturated heterocycles. The van der Waals surface area contributed by atoms with Crippen molar-refractivity contribution < 1.29 is 13.2 Å². The zero-order valence-electron chi connectivity index (χ0n) is 13.6. The summed E-state index contributed by atoms with van der Waals surface area (Å²) >= 11 is 0. The van der Waals surface area contributed by atoms with Crippen molar-refractivity contribution >= 4 is 32.4 Å². The van der Waals surface area contributed by atoms with Gasteiger partial charge in [-0.2, -0.15) is 10.2 Å². The fraction of sp³-hybridized carbons (Fsp3) is 0.133. The molecule has 0 unspecified atom stereocenters. The highest BCUT2D eigenvalue weighted by Gasteiger charge is 2.22. The maximum Gasteiger partial charge on any atom is 0.265 e. The monoisotopic (exact) mass is 360 g/mol. The summed E-state index contributed by atoms with van der Waals surface area (Å²) in [5.41, 5.74) is 0.876. The molecule has 0 saturated carbocycles. The maximum atomic E-state index is 12.7. The Bertz CT molecular complexity index is 1080. The molecule has 0 aliphatic rings. The molecule has 25 heavy (non-hydrogen) atoms. The molecule has 0 aliphatic heterocycles. The Labute approximate surface area is 144 Å². The molecule has 3 rings (SSSR count). The van der Waals surface area contributed by atoms with E-state index in [4.69, 9.17) is 10.1 Å². The summed E-state index contributed by atoms with van der Waals surface area (Å²) in [5, 5.41) is 16.4. The van der Waals surface area contributed by atoms with Crippen LogP contribution in [0.5, 0.6) is 5.75 Å². The number of benzene rings is 1. The molecule has 0 bridgehead atoms. The van der Waals surface area contributed by atoms with Gasteiger partial charge in [0.05, 0.1) is 31.2 Å². The molecule has 2 N–H and O–H groups in total. The van der Waals surface area contributed by atoms with Gasteiger partial charge in [-0.3, -0.25) is 14.8 Å². The molecule has 1 aromatic carbocycles. The number of ether oxygens (including phenoxy) is 1. The first-order valence-electron chi connectivity index (χ1n) is 7.15. The Hall–Kier alpha value is -3.14. The average Bonchev–Trinajstić information content (AvgIpc) is 3.22. The van der Waals surface area contributed by atoms with E-state index in [1.165, 1.54) is 19.4 Å². The number of hydrogen-bond donors (Lipinski definition) is 2. The molecule has 0 fully saturated rings. The van der Waals surface area contributed by atoms with Gasteiger partial charge in [0.25, 0.3) is 10.0 Å². The number of nitrogens with zero attached hydrogens (tertiary/aromatic N) is 4. The van der Waals surface area contributed by atoms with Crippen LogP contribution < -0.4 is 9.46 Å². The number of aryl methyl sites for hydroxylation is 1. The lowest BCUT2D eigenvalue weighted by Crippen LogP contribution is -2.14. The van der Waals surface area contributed by atoms with Crippen LogP contribution in [0.15, 0.2) is 48.3 Å². The number of rotatable bonds is 5. The largest absolute Gasteiger partial charge is 0.494 e. The molecular formula is C15H16N6O3S. The van der Waals surface area contributed by atoms with Crippen molar-refractivity contribution in [2.24, 2.45) is 7.05 Å². The van der Waals surface area contributed by atoms with Crippen molar-refractivity contribution in [3.05, 3.63) is 43.4 Å². The van der Waals surface area contributed by atoms with E-state index in [2.05, 4.69) is 21.5 Å². The average molecular weight is 360 g/mol. The minimum absolute atomic E-state index is 0.0345. The number of fused-ring (bicyclic) bond motifs is 1. The van der Waals surface area contributed by atoms with Gasteiger partial charge in [-0.15, -0.1) is 0 Å². The lowest BCUT2D eigenvalue weighted by molar-refractivity contribution is 0.417. The van der Waals surface area contributed by atoms with E-state index in [9.17, 15) is 8.42 Å². The number of aromatic nitrogens is 4. The van der Waals surface area contributed by atoms with Crippen molar-refractivity contribution in [2.75, 3.05) is 11.8 Å². The van der Waals surface area contributed by atoms with E-state index < -0.39 is 10.0 Å². The molecule has 130 valence electrons. The molecule has 2 heterocycles. The zero-order valence-corrected chi connectivity index (χ0v) is 14.4. The van der Waals surface area contributed by atoms with Gasteiger partial charge < -0.3 is 4.74 Å². The van der Waals surface area contributed by atoms with Crippen molar-refractivity contribution in [1.29, 1.82) is 5.41 Å². The highest BCUT2D eigenvalue weighted by Crippen LogP contribution is 2.34. The minimum atomic E-state index is -3.94. The fourth-order valence-corrected chi connectivity index (χ4v) is 3.39. The molecule has 3 aromatic rings. The van der Waals surface area contributed by atoms with Crippen LogP contribution in [0.1, 0.15) is 0 Å². The van der Waals surface area contributed by atoms with Crippen LogP contribution in [-0.4, -0.2) is 40.9 Å². The van der Waals surface area contributed by atoms with Gasteiger partial charge >= 0.3 is 0 Å². The molecule has 10 heteroatoms.